The number of hydrogen-bond acceptors (Lipinski definition) is 3. The lowest BCUT2D eigenvalue weighted by Crippen LogP contribution is -2.53. The monoisotopic (exact) mass is 190 g/mol. The van der Waals surface area contributed by atoms with Crippen LogP contribution < -0.4 is 5.73 Å². The summed E-state index contributed by atoms with van der Waals surface area (Å²) in [7, 11) is -1.02. The smallest absolute Gasteiger partial charge is 0.235 e. The van der Waals surface area contributed by atoms with Gasteiger partial charge in [0.2, 0.25) is 5.91 Å². The van der Waals surface area contributed by atoms with Gasteiger partial charge in [-0.1, -0.05) is 0 Å². The minimum Gasteiger partial charge on any atom is -0.341 e. The Bertz CT molecular complexity index is 202. The van der Waals surface area contributed by atoms with Gasteiger partial charge in [0.25, 0.3) is 0 Å². The highest BCUT2D eigenvalue weighted by Crippen LogP contribution is 2.13. The van der Waals surface area contributed by atoms with Crippen LogP contribution in [0.2, 0.25) is 0 Å². The molecule has 1 aliphatic rings. The maximum absolute atomic E-state index is 11.2. The van der Waals surface area contributed by atoms with Crippen LogP contribution in [0.15, 0.2) is 0 Å². The van der Waals surface area contributed by atoms with Crippen LogP contribution in [0, 0.1) is 5.92 Å². The van der Waals surface area contributed by atoms with Gasteiger partial charge in [-0.05, 0) is 6.54 Å². The van der Waals surface area contributed by atoms with Gasteiger partial charge in [0.1, 0.15) is 5.75 Å². The van der Waals surface area contributed by atoms with Gasteiger partial charge in [-0.2, -0.15) is 0 Å². The Hall–Kier alpha value is -0.420. The van der Waals surface area contributed by atoms with Crippen molar-refractivity contribution in [2.75, 3.05) is 31.6 Å². The van der Waals surface area contributed by atoms with Crippen molar-refractivity contribution in [1.82, 2.24) is 4.90 Å². The second kappa shape index (κ2) is 4.00. The van der Waals surface area contributed by atoms with Crippen LogP contribution in [0.25, 0.3) is 0 Å². The number of nitrogens with two attached hydrogens (primary N) is 1. The van der Waals surface area contributed by atoms with Gasteiger partial charge < -0.3 is 10.6 Å². The Kier molecular flexibility index (Phi) is 3.22. The van der Waals surface area contributed by atoms with Crippen LogP contribution in [-0.2, 0) is 15.6 Å². The van der Waals surface area contributed by atoms with E-state index in [1.165, 1.54) is 6.26 Å². The van der Waals surface area contributed by atoms with E-state index in [4.69, 9.17) is 5.73 Å². The number of amides is 1. The summed E-state index contributed by atoms with van der Waals surface area (Å²) < 4.78 is 10.7. The molecule has 0 saturated carbocycles. The topological polar surface area (TPSA) is 63.4 Å². The van der Waals surface area contributed by atoms with Crippen molar-refractivity contribution in [1.29, 1.82) is 0 Å². The molecule has 0 aromatic heterocycles. The first-order chi connectivity index (χ1) is 5.63. The predicted molar refractivity (Wildman–Crippen MR) is 48.1 cm³/mol. The molecule has 1 heterocycles. The molecule has 12 heavy (non-hydrogen) atoms. The summed E-state index contributed by atoms with van der Waals surface area (Å²) in [4.78, 5) is 12.9. The highest BCUT2D eigenvalue weighted by Gasteiger charge is 2.29. The van der Waals surface area contributed by atoms with E-state index in [9.17, 15) is 9.00 Å². The fraction of sp³-hybridized carbons (Fsp3) is 0.857. The first-order valence-corrected chi connectivity index (χ1v) is 5.64. The second-order valence-electron chi connectivity index (χ2n) is 3.12. The molecule has 1 aliphatic heterocycles. The van der Waals surface area contributed by atoms with Crippen molar-refractivity contribution >= 4 is 16.7 Å². The normalized spacial score (nSPS) is 20.3. The number of carbonyl (C=O) groups excluding carboxylic acids is 1. The van der Waals surface area contributed by atoms with Crippen LogP contribution >= 0.6 is 0 Å². The fourth-order valence-corrected chi connectivity index (χ4v) is 1.72. The first-order valence-electron chi connectivity index (χ1n) is 3.91. The Morgan fingerprint density at radius 2 is 2.25 bits per heavy atom. The average Bonchev–Trinajstić information content (AvgIpc) is 1.82. The summed E-state index contributed by atoms with van der Waals surface area (Å²) in [6, 6.07) is 0. The largest absolute Gasteiger partial charge is 0.341 e. The molecular formula is C7H14N2O2S. The Labute approximate surface area is 74.6 Å². The first kappa shape index (κ1) is 9.67. The van der Waals surface area contributed by atoms with Crippen LogP contribution in [0.3, 0.4) is 0 Å². The molecule has 1 amide bonds. The fourth-order valence-electron chi connectivity index (χ4n) is 1.19. The van der Waals surface area contributed by atoms with Gasteiger partial charge in [-0.3, -0.25) is 9.00 Å². The molecule has 0 aromatic rings. The summed E-state index contributed by atoms with van der Waals surface area (Å²) in [6.45, 7) is 2.12. The number of nitrogens with zero attached hydrogens (tertiary/aromatic N) is 1. The summed E-state index contributed by atoms with van der Waals surface area (Å²) >= 11 is 0. The van der Waals surface area contributed by atoms with Crippen molar-refractivity contribution in [2.24, 2.45) is 11.7 Å². The third kappa shape index (κ3) is 2.28. The number of likely N-dealkylation sites (tertiary alicyclic amines) is 1. The van der Waals surface area contributed by atoms with Crippen LogP contribution in [0.4, 0.5) is 0 Å². The molecular weight excluding hydrogens is 176 g/mol. The van der Waals surface area contributed by atoms with Crippen molar-refractivity contribution in [3.8, 4) is 0 Å². The van der Waals surface area contributed by atoms with Crippen LogP contribution in [-0.4, -0.2) is 46.7 Å². The number of hydrogen-bond donors (Lipinski definition) is 1. The highest BCUT2D eigenvalue weighted by atomic mass is 32.2. The molecule has 1 rings (SSSR count). The maximum atomic E-state index is 11.2. The third-order valence-corrected chi connectivity index (χ3v) is 2.62. The van der Waals surface area contributed by atoms with Crippen LogP contribution in [0.5, 0.6) is 0 Å². The Balaban J connectivity index is 2.24. The van der Waals surface area contributed by atoms with Gasteiger partial charge in [0.15, 0.2) is 0 Å². The van der Waals surface area contributed by atoms with Gasteiger partial charge >= 0.3 is 0 Å². The van der Waals surface area contributed by atoms with E-state index in [-0.39, 0.29) is 11.7 Å². The van der Waals surface area contributed by atoms with Crippen molar-refractivity contribution < 1.29 is 9.00 Å². The van der Waals surface area contributed by atoms with Crippen molar-refractivity contribution in [2.45, 2.75) is 0 Å². The zero-order valence-corrected chi connectivity index (χ0v) is 7.97. The molecule has 0 aromatic carbocycles. The molecule has 1 fully saturated rings. The molecule has 0 spiro atoms. The Morgan fingerprint density at radius 3 is 2.67 bits per heavy atom. The van der Waals surface area contributed by atoms with E-state index in [2.05, 4.69) is 0 Å². The number of rotatable bonds is 3. The molecule has 0 bridgehead atoms. The minimum atomic E-state index is -1.02. The molecule has 0 radical (unpaired) electrons. The van der Waals surface area contributed by atoms with Gasteiger partial charge in [0, 0.05) is 36.1 Å². The molecule has 0 aliphatic carbocycles. The second-order valence-corrected chi connectivity index (χ2v) is 4.55. The lowest BCUT2D eigenvalue weighted by molar-refractivity contribution is -0.134. The number of carbonyl (C=O) groups is 1. The molecule has 1 atom stereocenters. The minimum absolute atomic E-state index is 0.0134. The summed E-state index contributed by atoms with van der Waals surface area (Å²) in [5, 5.41) is 0. The zero-order valence-electron chi connectivity index (χ0n) is 7.16. The third-order valence-electron chi connectivity index (χ3n) is 1.97. The van der Waals surface area contributed by atoms with E-state index in [0.717, 1.165) is 13.1 Å². The van der Waals surface area contributed by atoms with E-state index in [1.54, 1.807) is 4.90 Å². The van der Waals surface area contributed by atoms with Gasteiger partial charge in [0.05, 0.1) is 0 Å². The highest BCUT2D eigenvalue weighted by molar-refractivity contribution is 7.85. The van der Waals surface area contributed by atoms with Crippen LogP contribution in [0.1, 0.15) is 0 Å². The van der Waals surface area contributed by atoms with Crippen molar-refractivity contribution in [3.63, 3.8) is 0 Å². The predicted octanol–water partition coefficient (Wildman–Crippen LogP) is -1.22. The summed E-state index contributed by atoms with van der Waals surface area (Å²) in [5.41, 5.74) is 5.40. The standard InChI is InChI=1S/C7H14N2O2S/c1-12(11)5-7(10)9-3-6(2-8)4-9/h6H,2-5,8H2,1H3. The van der Waals surface area contributed by atoms with E-state index >= 15 is 0 Å². The van der Waals surface area contributed by atoms with Gasteiger partial charge in [-0.15, -0.1) is 0 Å². The van der Waals surface area contributed by atoms with E-state index < -0.39 is 10.8 Å². The SMILES string of the molecule is CS(=O)CC(=O)N1CC(CN)C1. The zero-order chi connectivity index (χ0) is 9.14. The summed E-state index contributed by atoms with van der Waals surface area (Å²) in [6.07, 6.45) is 1.54. The van der Waals surface area contributed by atoms with E-state index in [0.29, 0.717) is 12.5 Å². The van der Waals surface area contributed by atoms with Gasteiger partial charge in [-0.25, -0.2) is 0 Å². The van der Waals surface area contributed by atoms with Crippen molar-refractivity contribution in [3.05, 3.63) is 0 Å². The summed E-state index contributed by atoms with van der Waals surface area (Å²) in [5.74, 6) is 0.594. The lowest BCUT2D eigenvalue weighted by atomic mass is 10.0. The molecule has 4 nitrogen and oxygen atoms in total. The lowest BCUT2D eigenvalue weighted by Gasteiger charge is -2.38. The molecule has 1 unspecified atom stereocenters. The molecule has 2 N–H and O–H groups in total. The quantitative estimate of drug-likeness (QED) is 0.607. The Morgan fingerprint density at radius 1 is 1.67 bits per heavy atom. The maximum Gasteiger partial charge on any atom is 0.235 e. The molecule has 70 valence electrons. The average molecular weight is 190 g/mol. The molecule has 5 heteroatoms. The molecule has 1 saturated heterocycles. The van der Waals surface area contributed by atoms with E-state index in [1.807, 2.05) is 0 Å².